The zero-order chi connectivity index (χ0) is 34.7. The molecule has 264 valence electrons. The van der Waals surface area contributed by atoms with Crippen LogP contribution >= 0.6 is 0 Å². The van der Waals surface area contributed by atoms with Crippen LogP contribution in [0.5, 0.6) is 11.9 Å². The second-order valence-electron chi connectivity index (χ2n) is 14.7. The van der Waals surface area contributed by atoms with Crippen LogP contribution in [0.1, 0.15) is 57.2 Å². The number of pyridine rings is 2. The Morgan fingerprint density at radius 2 is 1.86 bits per heavy atom. The summed E-state index contributed by atoms with van der Waals surface area (Å²) in [5.74, 6) is -3.72. The number of hydrogen-bond acceptors (Lipinski definition) is 10. The van der Waals surface area contributed by atoms with Gasteiger partial charge in [0.1, 0.15) is 34.3 Å². The maximum absolute atomic E-state index is 16.8. The number of nitrogens with zero attached hydrogens (tertiary/aromatic N) is 6. The van der Waals surface area contributed by atoms with Crippen molar-refractivity contribution in [2.45, 2.75) is 83.2 Å². The first-order chi connectivity index (χ1) is 23.1. The lowest BCUT2D eigenvalue weighted by atomic mass is 9.60. The molecule has 0 radical (unpaired) electrons. The molecule has 0 bridgehead atoms. The fraction of sp³-hybridized carbons (Fsp3) is 0.636. The summed E-state index contributed by atoms with van der Waals surface area (Å²) in [6.45, 7) is 7.51. The lowest BCUT2D eigenvalue weighted by Crippen LogP contribution is -2.70. The molecule has 0 unspecified atom stereocenters. The van der Waals surface area contributed by atoms with Gasteiger partial charge in [0.05, 0.1) is 29.3 Å². The van der Waals surface area contributed by atoms with E-state index < -0.39 is 51.9 Å². The molecular weight excluding hydrogens is 654 g/mol. The predicted molar refractivity (Wildman–Crippen MR) is 168 cm³/mol. The Morgan fingerprint density at radius 1 is 1.10 bits per heavy atom. The molecule has 49 heavy (non-hydrogen) atoms. The molecule has 10 nitrogen and oxygen atoms in total. The van der Waals surface area contributed by atoms with Crippen LogP contribution in [-0.2, 0) is 6.18 Å². The van der Waals surface area contributed by atoms with Gasteiger partial charge in [0, 0.05) is 56.2 Å². The van der Waals surface area contributed by atoms with Gasteiger partial charge >= 0.3 is 12.2 Å². The quantitative estimate of drug-likeness (QED) is 0.314. The number of rotatable bonds is 7. The van der Waals surface area contributed by atoms with Crippen molar-refractivity contribution in [3.8, 4) is 23.1 Å². The lowest BCUT2D eigenvalue weighted by Gasteiger charge is -2.60. The molecule has 3 atom stereocenters. The van der Waals surface area contributed by atoms with E-state index in [1.165, 1.54) is 0 Å². The number of fused-ring (bicyclic) bond motifs is 2. The maximum atomic E-state index is 16.8. The SMILES string of the molecule is CC[C@@H]1CN2c3nc(OCC4(CN5CC6(CCC6(F)F)C5)CC4)nc4c(F)c(-c5cc(N)nc(C)c5C(F)(F)F)nc(c34)O[C@@H](C)[C@@H]2CN1. The van der Waals surface area contributed by atoms with Crippen LogP contribution in [0.15, 0.2) is 6.07 Å². The Morgan fingerprint density at radius 3 is 2.49 bits per heavy atom. The third kappa shape index (κ3) is 5.23. The molecule has 3 aromatic heterocycles. The predicted octanol–water partition coefficient (Wildman–Crippen LogP) is 5.36. The molecule has 0 aromatic carbocycles. The first-order valence-electron chi connectivity index (χ1n) is 16.8. The number of halogens is 6. The highest BCUT2D eigenvalue weighted by Crippen LogP contribution is 2.60. The summed E-state index contributed by atoms with van der Waals surface area (Å²) < 4.78 is 101. The van der Waals surface area contributed by atoms with Gasteiger partial charge in [-0.3, -0.25) is 0 Å². The number of nitrogens with two attached hydrogens (primary N) is 1. The van der Waals surface area contributed by atoms with Crippen molar-refractivity contribution in [2.75, 3.05) is 50.0 Å². The molecule has 3 N–H and O–H groups in total. The maximum Gasteiger partial charge on any atom is 0.418 e. The number of aryl methyl sites for hydroxylation is 1. The van der Waals surface area contributed by atoms with Gasteiger partial charge < -0.3 is 30.3 Å². The van der Waals surface area contributed by atoms with E-state index in [1.54, 1.807) is 0 Å². The number of hydrogen-bond donors (Lipinski definition) is 2. The zero-order valence-electron chi connectivity index (χ0n) is 27.4. The Bertz CT molecular complexity index is 1830. The monoisotopic (exact) mass is 692 g/mol. The molecule has 4 fully saturated rings. The smallest absolute Gasteiger partial charge is 0.418 e. The molecule has 16 heteroatoms. The van der Waals surface area contributed by atoms with Crippen molar-refractivity contribution in [3.05, 3.63) is 23.1 Å². The normalized spacial score (nSPS) is 26.4. The summed E-state index contributed by atoms with van der Waals surface area (Å²) in [4.78, 5) is 21.4. The molecule has 2 saturated carbocycles. The lowest BCUT2D eigenvalue weighted by molar-refractivity contribution is -0.260. The number of aromatic nitrogens is 4. The van der Waals surface area contributed by atoms with Crippen molar-refractivity contribution in [1.82, 2.24) is 30.2 Å². The highest BCUT2D eigenvalue weighted by Gasteiger charge is 2.67. The van der Waals surface area contributed by atoms with E-state index in [-0.39, 0.29) is 59.1 Å². The number of anilines is 2. The zero-order valence-corrected chi connectivity index (χ0v) is 27.4. The van der Waals surface area contributed by atoms with E-state index in [9.17, 15) is 22.0 Å². The molecule has 5 aliphatic rings. The number of likely N-dealkylation sites (tertiary alicyclic amines) is 1. The van der Waals surface area contributed by atoms with Gasteiger partial charge in [-0.25, -0.2) is 23.1 Å². The summed E-state index contributed by atoms with van der Waals surface area (Å²) in [6.07, 6.45) is -2.47. The molecule has 1 spiro atoms. The number of nitrogen functional groups attached to an aromatic ring is 1. The molecular formula is C33H38F6N8O2. The Kier molecular flexibility index (Phi) is 7.25. The van der Waals surface area contributed by atoms with E-state index in [0.29, 0.717) is 45.0 Å². The molecule has 8 rings (SSSR count). The van der Waals surface area contributed by atoms with Gasteiger partial charge in [-0.15, -0.1) is 0 Å². The Hall–Kier alpha value is -3.66. The summed E-state index contributed by atoms with van der Waals surface area (Å²) >= 11 is 0. The van der Waals surface area contributed by atoms with Crippen LogP contribution in [0.2, 0.25) is 0 Å². The van der Waals surface area contributed by atoms with Crippen molar-refractivity contribution in [2.24, 2.45) is 10.8 Å². The first-order valence-corrected chi connectivity index (χ1v) is 16.8. The number of alkyl halides is 5. The van der Waals surface area contributed by atoms with Crippen molar-refractivity contribution >= 4 is 22.5 Å². The van der Waals surface area contributed by atoms with Crippen LogP contribution in [0, 0.1) is 23.6 Å². The minimum absolute atomic E-state index is 0.0608. The first kappa shape index (κ1) is 32.5. The van der Waals surface area contributed by atoms with Crippen LogP contribution in [0.25, 0.3) is 22.2 Å². The second kappa shape index (κ2) is 10.9. The molecule has 6 heterocycles. The van der Waals surface area contributed by atoms with E-state index in [4.69, 9.17) is 20.2 Å². The van der Waals surface area contributed by atoms with Gasteiger partial charge in [0.2, 0.25) is 5.88 Å². The molecule has 2 saturated heterocycles. The summed E-state index contributed by atoms with van der Waals surface area (Å²) in [7, 11) is 0. The third-order valence-corrected chi connectivity index (χ3v) is 11.3. The van der Waals surface area contributed by atoms with Crippen LogP contribution in [-0.4, -0.2) is 88.3 Å². The largest absolute Gasteiger partial charge is 0.472 e. The van der Waals surface area contributed by atoms with Crippen LogP contribution in [0.4, 0.5) is 38.0 Å². The van der Waals surface area contributed by atoms with Gasteiger partial charge in [0.25, 0.3) is 5.92 Å². The average molecular weight is 693 g/mol. The standard InChI is InChI=1S/C33H38F6N8O2/c1-4-18-11-47-20(10-41-18)17(3)49-28-22-26(24(34)25(43-28)19-9-21(40)42-16(2)23(19)33(37,38)39)44-29(45-27(22)47)48-15-30(5-6-30)12-46-13-31(14-46)7-8-32(31,35)36/h9,17-18,20,41H,4-8,10-15H2,1-3H3,(H2,40,42)/t17-,18+,20-/m0/s1. The van der Waals surface area contributed by atoms with E-state index >= 15 is 4.39 Å². The third-order valence-electron chi connectivity index (χ3n) is 11.3. The Balaban J connectivity index is 1.20. The molecule has 0 amide bonds. The van der Waals surface area contributed by atoms with Crippen molar-refractivity contribution in [3.63, 3.8) is 0 Å². The average Bonchev–Trinajstić information content (AvgIpc) is 3.81. The highest BCUT2D eigenvalue weighted by atomic mass is 19.4. The van der Waals surface area contributed by atoms with Gasteiger partial charge in [-0.1, -0.05) is 6.92 Å². The van der Waals surface area contributed by atoms with E-state index in [0.717, 1.165) is 32.3 Å². The number of ether oxygens (including phenoxy) is 2. The van der Waals surface area contributed by atoms with Gasteiger partial charge in [0.15, 0.2) is 5.82 Å². The van der Waals surface area contributed by atoms with E-state index in [1.807, 2.05) is 23.6 Å². The molecule has 3 aliphatic heterocycles. The number of nitrogens with one attached hydrogen (secondary N) is 1. The van der Waals surface area contributed by atoms with Crippen molar-refractivity contribution < 1.29 is 35.8 Å². The molecule has 3 aromatic rings. The van der Waals surface area contributed by atoms with Crippen LogP contribution in [0.3, 0.4) is 0 Å². The van der Waals surface area contributed by atoms with E-state index in [2.05, 4.69) is 20.3 Å². The summed E-state index contributed by atoms with van der Waals surface area (Å²) in [5.41, 5.74) is 1.59. The highest BCUT2D eigenvalue weighted by molar-refractivity contribution is 5.97. The minimum atomic E-state index is -4.89. The summed E-state index contributed by atoms with van der Waals surface area (Å²) in [5, 5.41) is 3.64. The van der Waals surface area contributed by atoms with Gasteiger partial charge in [-0.05, 0) is 45.6 Å². The topological polar surface area (TPSA) is 115 Å². The molecule has 2 aliphatic carbocycles. The van der Waals surface area contributed by atoms with Gasteiger partial charge in [-0.2, -0.15) is 23.1 Å². The Labute approximate surface area is 278 Å². The van der Waals surface area contributed by atoms with Crippen molar-refractivity contribution in [1.29, 1.82) is 0 Å². The second-order valence-corrected chi connectivity index (χ2v) is 14.7. The fourth-order valence-electron chi connectivity index (χ4n) is 8.10. The summed E-state index contributed by atoms with van der Waals surface area (Å²) in [6, 6.07) is 0.639. The minimum Gasteiger partial charge on any atom is -0.472 e. The fourth-order valence-corrected chi connectivity index (χ4v) is 8.10. The van der Waals surface area contributed by atoms with Crippen LogP contribution < -0.4 is 25.4 Å². The number of piperazine rings is 1.